The Hall–Kier alpha value is -2.15. The van der Waals surface area contributed by atoms with Crippen molar-refractivity contribution in [2.45, 2.75) is 32.4 Å². The van der Waals surface area contributed by atoms with E-state index in [0.717, 1.165) is 4.68 Å². The van der Waals surface area contributed by atoms with Crippen LogP contribution in [0.2, 0.25) is 0 Å². The normalized spacial score (nSPS) is 14.2. The molecule has 1 amide bonds. The fraction of sp³-hybridized carbons (Fsp3) is 0.462. The average molecular weight is 278 g/mol. The second-order valence-electron chi connectivity index (χ2n) is 4.99. The lowest BCUT2D eigenvalue weighted by Crippen LogP contribution is -2.50. The summed E-state index contributed by atoms with van der Waals surface area (Å²) in [7, 11) is 0. The van der Waals surface area contributed by atoms with Gasteiger partial charge in [-0.15, -0.1) is 5.10 Å². The number of nitrogens with one attached hydrogen (secondary N) is 1. The van der Waals surface area contributed by atoms with Crippen LogP contribution in [0.1, 0.15) is 20.3 Å². The zero-order chi connectivity index (χ0) is 14.8. The lowest BCUT2D eigenvalue weighted by atomic mass is 10.0. The van der Waals surface area contributed by atoms with Crippen molar-refractivity contribution < 1.29 is 9.90 Å². The summed E-state index contributed by atoms with van der Waals surface area (Å²) in [5.74, 6) is -0.353. The first kappa shape index (κ1) is 14.3. The lowest BCUT2D eigenvalue weighted by Gasteiger charge is -2.26. The number of hydrogen-bond donors (Lipinski definition) is 2. The number of amides is 1. The van der Waals surface area contributed by atoms with Crippen LogP contribution >= 0.6 is 0 Å². The fourth-order valence-electron chi connectivity index (χ4n) is 1.82. The van der Waals surface area contributed by atoms with E-state index >= 15 is 0 Å². The molecule has 2 aromatic rings. The topological polar surface area (TPSA) is 88.6 Å². The Morgan fingerprint density at radius 2 is 2.25 bits per heavy atom. The van der Waals surface area contributed by atoms with E-state index in [1.54, 1.807) is 31.3 Å². The van der Waals surface area contributed by atoms with Crippen LogP contribution in [0.4, 0.5) is 0 Å². The number of pyridine rings is 1. The predicted molar refractivity (Wildman–Crippen MR) is 73.4 cm³/mol. The molecule has 2 N–H and O–H groups in total. The molecular formula is C13H18N4O3. The Labute approximate surface area is 115 Å². The predicted octanol–water partition coefficient (Wildman–Crippen LogP) is -0.227. The van der Waals surface area contributed by atoms with Crippen molar-refractivity contribution >= 4 is 11.6 Å². The van der Waals surface area contributed by atoms with Gasteiger partial charge in [-0.25, -0.2) is 9.48 Å². The van der Waals surface area contributed by atoms with E-state index < -0.39 is 5.54 Å². The third kappa shape index (κ3) is 2.72. The van der Waals surface area contributed by atoms with Gasteiger partial charge in [0.15, 0.2) is 5.65 Å². The van der Waals surface area contributed by atoms with Crippen LogP contribution < -0.4 is 11.0 Å². The smallest absolute Gasteiger partial charge is 0.350 e. The summed E-state index contributed by atoms with van der Waals surface area (Å²) in [5, 5.41) is 16.1. The number of aliphatic hydroxyl groups is 1. The summed E-state index contributed by atoms with van der Waals surface area (Å²) in [4.78, 5) is 23.9. The van der Waals surface area contributed by atoms with E-state index in [9.17, 15) is 14.7 Å². The first-order chi connectivity index (χ1) is 9.49. The van der Waals surface area contributed by atoms with E-state index in [-0.39, 0.29) is 24.7 Å². The summed E-state index contributed by atoms with van der Waals surface area (Å²) in [6, 6.07) is 5.19. The Balaban J connectivity index is 2.18. The lowest BCUT2D eigenvalue weighted by molar-refractivity contribution is -0.124. The number of rotatable bonds is 5. The fourth-order valence-corrected chi connectivity index (χ4v) is 1.82. The summed E-state index contributed by atoms with van der Waals surface area (Å²) < 4.78 is 2.48. The SMILES string of the molecule is CCC(C)(CO)NC(=O)Cn1nc2ccccn2c1=O. The first-order valence-corrected chi connectivity index (χ1v) is 6.45. The standard InChI is InChI=1S/C13H18N4O3/c1-3-13(2,9-18)14-11(19)8-17-12(20)16-7-5-4-6-10(16)15-17/h4-7,18H,3,8-9H2,1-2H3,(H,14,19). The Kier molecular flexibility index (Phi) is 3.89. The summed E-state index contributed by atoms with van der Waals surface area (Å²) >= 11 is 0. The van der Waals surface area contributed by atoms with Crippen molar-refractivity contribution in [2.75, 3.05) is 6.61 Å². The van der Waals surface area contributed by atoms with Gasteiger partial charge < -0.3 is 10.4 Å². The largest absolute Gasteiger partial charge is 0.394 e. The molecule has 7 heteroatoms. The molecule has 20 heavy (non-hydrogen) atoms. The molecule has 0 saturated heterocycles. The molecule has 1 unspecified atom stereocenters. The van der Waals surface area contributed by atoms with Crippen molar-refractivity contribution in [1.29, 1.82) is 0 Å². The molecule has 1 atom stereocenters. The van der Waals surface area contributed by atoms with E-state index in [1.807, 2.05) is 6.92 Å². The van der Waals surface area contributed by atoms with Crippen LogP contribution in [0, 0.1) is 0 Å². The molecular weight excluding hydrogens is 260 g/mol. The van der Waals surface area contributed by atoms with Gasteiger partial charge in [0, 0.05) is 6.20 Å². The second kappa shape index (κ2) is 5.46. The van der Waals surface area contributed by atoms with E-state index in [2.05, 4.69) is 10.4 Å². The van der Waals surface area contributed by atoms with Crippen molar-refractivity contribution in [3.63, 3.8) is 0 Å². The van der Waals surface area contributed by atoms with Gasteiger partial charge >= 0.3 is 5.69 Å². The molecule has 2 rings (SSSR count). The molecule has 2 aromatic heterocycles. The second-order valence-corrected chi connectivity index (χ2v) is 4.99. The van der Waals surface area contributed by atoms with Crippen molar-refractivity contribution in [3.8, 4) is 0 Å². The van der Waals surface area contributed by atoms with Gasteiger partial charge in [0.1, 0.15) is 6.54 Å². The van der Waals surface area contributed by atoms with Crippen LogP contribution in [-0.2, 0) is 11.3 Å². The van der Waals surface area contributed by atoms with Gasteiger partial charge in [0.2, 0.25) is 5.91 Å². The molecule has 2 heterocycles. The van der Waals surface area contributed by atoms with Crippen LogP contribution in [0.3, 0.4) is 0 Å². The highest BCUT2D eigenvalue weighted by Gasteiger charge is 2.23. The van der Waals surface area contributed by atoms with Crippen molar-refractivity contribution in [1.82, 2.24) is 19.5 Å². The Morgan fingerprint density at radius 3 is 2.85 bits per heavy atom. The number of hydrogen-bond acceptors (Lipinski definition) is 4. The zero-order valence-corrected chi connectivity index (χ0v) is 11.5. The highest BCUT2D eigenvalue weighted by Crippen LogP contribution is 2.07. The molecule has 108 valence electrons. The maximum absolute atomic E-state index is 12.0. The van der Waals surface area contributed by atoms with Crippen LogP contribution in [0.15, 0.2) is 29.2 Å². The molecule has 0 spiro atoms. The Morgan fingerprint density at radius 1 is 1.50 bits per heavy atom. The van der Waals surface area contributed by atoms with E-state index in [0.29, 0.717) is 12.1 Å². The summed E-state index contributed by atoms with van der Waals surface area (Å²) in [5.41, 5.74) is -0.552. The van der Waals surface area contributed by atoms with Gasteiger partial charge in [-0.05, 0) is 25.5 Å². The minimum atomic E-state index is -0.681. The third-order valence-corrected chi connectivity index (χ3v) is 3.35. The van der Waals surface area contributed by atoms with Crippen LogP contribution in [0.5, 0.6) is 0 Å². The van der Waals surface area contributed by atoms with Gasteiger partial charge in [-0.1, -0.05) is 13.0 Å². The molecule has 0 aliphatic heterocycles. The minimum absolute atomic E-state index is 0.157. The zero-order valence-electron chi connectivity index (χ0n) is 11.5. The summed E-state index contributed by atoms with van der Waals surface area (Å²) in [6.45, 7) is 3.29. The van der Waals surface area contributed by atoms with Crippen molar-refractivity contribution in [3.05, 3.63) is 34.9 Å². The highest BCUT2D eigenvalue weighted by atomic mass is 16.3. The number of nitrogens with zero attached hydrogens (tertiary/aromatic N) is 3. The maximum atomic E-state index is 12.0. The molecule has 0 aliphatic rings. The number of carbonyl (C=O) groups is 1. The number of aliphatic hydroxyl groups excluding tert-OH is 1. The Bertz CT molecular complexity index is 670. The van der Waals surface area contributed by atoms with Gasteiger partial charge in [-0.2, -0.15) is 0 Å². The first-order valence-electron chi connectivity index (χ1n) is 6.45. The number of fused-ring (bicyclic) bond motifs is 1. The molecule has 7 nitrogen and oxygen atoms in total. The highest BCUT2D eigenvalue weighted by molar-refractivity contribution is 5.76. The summed E-state index contributed by atoms with van der Waals surface area (Å²) in [6.07, 6.45) is 2.19. The van der Waals surface area contributed by atoms with Crippen molar-refractivity contribution in [2.24, 2.45) is 0 Å². The number of aromatic nitrogens is 3. The van der Waals surface area contributed by atoms with E-state index in [1.165, 1.54) is 4.40 Å². The quantitative estimate of drug-likeness (QED) is 0.791. The van der Waals surface area contributed by atoms with Gasteiger partial charge in [0.25, 0.3) is 0 Å². The molecule has 0 aromatic carbocycles. The maximum Gasteiger partial charge on any atom is 0.350 e. The minimum Gasteiger partial charge on any atom is -0.394 e. The third-order valence-electron chi connectivity index (χ3n) is 3.35. The molecule has 0 bridgehead atoms. The van der Waals surface area contributed by atoms with Crippen LogP contribution in [0.25, 0.3) is 5.65 Å². The molecule has 0 radical (unpaired) electrons. The molecule has 0 saturated carbocycles. The molecule has 0 aliphatic carbocycles. The number of carbonyl (C=O) groups excluding carboxylic acids is 1. The average Bonchev–Trinajstić information content (AvgIpc) is 2.75. The van der Waals surface area contributed by atoms with Gasteiger partial charge in [-0.3, -0.25) is 9.20 Å². The van der Waals surface area contributed by atoms with Gasteiger partial charge in [0.05, 0.1) is 12.1 Å². The monoisotopic (exact) mass is 278 g/mol. The van der Waals surface area contributed by atoms with Crippen LogP contribution in [-0.4, -0.2) is 37.3 Å². The van der Waals surface area contributed by atoms with E-state index in [4.69, 9.17) is 0 Å². The molecule has 0 fully saturated rings.